The van der Waals surface area contributed by atoms with Gasteiger partial charge >= 0.3 is 0 Å². The van der Waals surface area contributed by atoms with Crippen molar-refractivity contribution < 1.29 is 9.53 Å². The molecule has 2 heterocycles. The third-order valence-corrected chi connectivity index (χ3v) is 4.49. The lowest BCUT2D eigenvalue weighted by atomic mass is 10.1. The summed E-state index contributed by atoms with van der Waals surface area (Å²) in [5.41, 5.74) is 7.21. The Labute approximate surface area is 136 Å². The minimum atomic E-state index is -0.341. The van der Waals surface area contributed by atoms with Crippen molar-refractivity contribution in [2.75, 3.05) is 33.4 Å². The fraction of sp³-hybridized carbons (Fsp3) is 0.529. The normalized spacial score (nSPS) is 18.7. The number of benzene rings is 1. The number of hydrogen-bond acceptors (Lipinski definition) is 4. The Balaban J connectivity index is 1.74. The van der Waals surface area contributed by atoms with Crippen LogP contribution in [0.4, 0.5) is 0 Å². The maximum atomic E-state index is 11.3. The second kappa shape index (κ2) is 7.10. The average molecular weight is 316 g/mol. The van der Waals surface area contributed by atoms with Crippen LogP contribution in [-0.2, 0) is 22.5 Å². The SMILES string of the molecule is COCCN1CCC(Cn2nc(CC(N)=O)c3ccccc32)C1. The molecular weight excluding hydrogens is 292 g/mol. The predicted molar refractivity (Wildman–Crippen MR) is 89.1 cm³/mol. The Morgan fingerprint density at radius 2 is 2.26 bits per heavy atom. The van der Waals surface area contributed by atoms with Crippen molar-refractivity contribution in [3.05, 3.63) is 30.0 Å². The van der Waals surface area contributed by atoms with E-state index in [1.807, 2.05) is 22.9 Å². The molecule has 1 fully saturated rings. The minimum Gasteiger partial charge on any atom is -0.383 e. The number of ether oxygens (including phenoxy) is 1. The third kappa shape index (κ3) is 3.71. The predicted octanol–water partition coefficient (Wildman–Crippen LogP) is 1.03. The number of fused-ring (bicyclic) bond motifs is 1. The number of para-hydroxylation sites is 1. The van der Waals surface area contributed by atoms with Gasteiger partial charge in [-0.25, -0.2) is 0 Å². The van der Waals surface area contributed by atoms with E-state index in [0.717, 1.165) is 49.4 Å². The number of carbonyl (C=O) groups excluding carboxylic acids is 1. The fourth-order valence-corrected chi connectivity index (χ4v) is 3.36. The van der Waals surface area contributed by atoms with Gasteiger partial charge in [0, 0.05) is 32.1 Å². The molecule has 6 heteroatoms. The second-order valence-electron chi connectivity index (χ2n) is 6.24. The zero-order chi connectivity index (χ0) is 16.2. The van der Waals surface area contributed by atoms with Crippen LogP contribution in [0.1, 0.15) is 12.1 Å². The van der Waals surface area contributed by atoms with Crippen LogP contribution in [0.25, 0.3) is 10.9 Å². The highest BCUT2D eigenvalue weighted by molar-refractivity contribution is 5.87. The summed E-state index contributed by atoms with van der Waals surface area (Å²) in [7, 11) is 1.74. The summed E-state index contributed by atoms with van der Waals surface area (Å²) in [6, 6.07) is 8.05. The number of nitrogens with two attached hydrogens (primary N) is 1. The number of hydrogen-bond donors (Lipinski definition) is 1. The minimum absolute atomic E-state index is 0.193. The Kier molecular flexibility index (Phi) is 4.93. The lowest BCUT2D eigenvalue weighted by Crippen LogP contribution is -2.25. The van der Waals surface area contributed by atoms with E-state index in [1.165, 1.54) is 6.42 Å². The molecule has 1 unspecified atom stereocenters. The van der Waals surface area contributed by atoms with E-state index in [1.54, 1.807) is 7.11 Å². The van der Waals surface area contributed by atoms with Crippen molar-refractivity contribution in [1.82, 2.24) is 14.7 Å². The highest BCUT2D eigenvalue weighted by atomic mass is 16.5. The molecule has 0 spiro atoms. The first-order chi connectivity index (χ1) is 11.2. The van der Waals surface area contributed by atoms with Crippen LogP contribution >= 0.6 is 0 Å². The molecule has 0 aliphatic carbocycles. The van der Waals surface area contributed by atoms with Gasteiger partial charge in [-0.1, -0.05) is 18.2 Å². The van der Waals surface area contributed by atoms with E-state index in [-0.39, 0.29) is 12.3 Å². The van der Waals surface area contributed by atoms with Crippen molar-refractivity contribution in [2.24, 2.45) is 11.7 Å². The molecule has 0 radical (unpaired) electrons. The molecule has 2 aromatic rings. The molecule has 1 aliphatic rings. The highest BCUT2D eigenvalue weighted by Gasteiger charge is 2.23. The van der Waals surface area contributed by atoms with Crippen LogP contribution in [0, 0.1) is 5.92 Å². The summed E-state index contributed by atoms with van der Waals surface area (Å²) < 4.78 is 7.19. The van der Waals surface area contributed by atoms with Crippen LogP contribution in [0.15, 0.2) is 24.3 Å². The first-order valence-corrected chi connectivity index (χ1v) is 8.11. The van der Waals surface area contributed by atoms with Gasteiger partial charge in [0.25, 0.3) is 0 Å². The van der Waals surface area contributed by atoms with Gasteiger partial charge in [0.05, 0.1) is 24.2 Å². The monoisotopic (exact) mass is 316 g/mol. The van der Waals surface area contributed by atoms with Crippen molar-refractivity contribution >= 4 is 16.8 Å². The van der Waals surface area contributed by atoms with Crippen molar-refractivity contribution in [3.63, 3.8) is 0 Å². The van der Waals surface area contributed by atoms with Crippen LogP contribution < -0.4 is 5.73 Å². The van der Waals surface area contributed by atoms with Gasteiger partial charge in [-0.05, 0) is 24.9 Å². The number of aromatic nitrogens is 2. The van der Waals surface area contributed by atoms with E-state index >= 15 is 0 Å². The van der Waals surface area contributed by atoms with E-state index in [4.69, 9.17) is 10.5 Å². The average Bonchev–Trinajstić information content (AvgIpc) is 3.11. The number of likely N-dealkylation sites (tertiary alicyclic amines) is 1. The molecule has 1 aliphatic heterocycles. The van der Waals surface area contributed by atoms with E-state index in [0.29, 0.717) is 5.92 Å². The van der Waals surface area contributed by atoms with Crippen molar-refractivity contribution in [3.8, 4) is 0 Å². The number of nitrogens with zero attached hydrogens (tertiary/aromatic N) is 3. The Bertz CT molecular complexity index is 682. The molecule has 1 atom stereocenters. The summed E-state index contributed by atoms with van der Waals surface area (Å²) in [5, 5.41) is 5.68. The van der Waals surface area contributed by atoms with E-state index in [2.05, 4.69) is 16.1 Å². The third-order valence-electron chi connectivity index (χ3n) is 4.49. The first-order valence-electron chi connectivity index (χ1n) is 8.11. The molecule has 3 rings (SSSR count). The maximum Gasteiger partial charge on any atom is 0.223 e. The van der Waals surface area contributed by atoms with Crippen LogP contribution in [0.2, 0.25) is 0 Å². The maximum absolute atomic E-state index is 11.3. The van der Waals surface area contributed by atoms with Gasteiger partial charge in [-0.3, -0.25) is 9.48 Å². The molecule has 23 heavy (non-hydrogen) atoms. The summed E-state index contributed by atoms with van der Waals surface area (Å²) in [4.78, 5) is 13.7. The molecule has 0 bridgehead atoms. The number of methoxy groups -OCH3 is 1. The smallest absolute Gasteiger partial charge is 0.223 e. The first kappa shape index (κ1) is 16.0. The second-order valence-corrected chi connectivity index (χ2v) is 6.24. The largest absolute Gasteiger partial charge is 0.383 e. The van der Waals surface area contributed by atoms with Gasteiger partial charge in [0.1, 0.15) is 0 Å². The Hall–Kier alpha value is -1.92. The summed E-state index contributed by atoms with van der Waals surface area (Å²) in [6.07, 6.45) is 1.36. The number of carbonyl (C=O) groups is 1. The number of primary amides is 1. The Morgan fingerprint density at radius 3 is 3.04 bits per heavy atom. The molecule has 1 amide bonds. The van der Waals surface area contributed by atoms with Crippen molar-refractivity contribution in [2.45, 2.75) is 19.4 Å². The van der Waals surface area contributed by atoms with Gasteiger partial charge in [0.15, 0.2) is 0 Å². The molecule has 0 saturated carbocycles. The topological polar surface area (TPSA) is 73.4 Å². The van der Waals surface area contributed by atoms with E-state index < -0.39 is 0 Å². The lowest BCUT2D eigenvalue weighted by Gasteiger charge is -2.15. The molecule has 1 saturated heterocycles. The lowest BCUT2D eigenvalue weighted by molar-refractivity contribution is -0.117. The zero-order valence-electron chi connectivity index (χ0n) is 13.6. The highest BCUT2D eigenvalue weighted by Crippen LogP contribution is 2.23. The standard InChI is InChI=1S/C17H24N4O2/c1-23-9-8-20-7-6-13(11-20)12-21-16-5-3-2-4-14(16)15(19-21)10-17(18)22/h2-5,13H,6-12H2,1H3,(H2,18,22). The van der Waals surface area contributed by atoms with Gasteiger partial charge in [-0.2, -0.15) is 5.10 Å². The van der Waals surface area contributed by atoms with Gasteiger partial charge in [0.2, 0.25) is 5.91 Å². The quantitative estimate of drug-likeness (QED) is 0.828. The molecule has 124 valence electrons. The molecule has 1 aromatic carbocycles. The summed E-state index contributed by atoms with van der Waals surface area (Å²) in [5.74, 6) is 0.239. The number of rotatable bonds is 7. The molecule has 2 N–H and O–H groups in total. The van der Waals surface area contributed by atoms with Crippen LogP contribution in [0.3, 0.4) is 0 Å². The van der Waals surface area contributed by atoms with Gasteiger partial charge < -0.3 is 15.4 Å². The van der Waals surface area contributed by atoms with Crippen molar-refractivity contribution in [1.29, 1.82) is 0 Å². The zero-order valence-corrected chi connectivity index (χ0v) is 13.6. The Morgan fingerprint density at radius 1 is 1.43 bits per heavy atom. The molecule has 6 nitrogen and oxygen atoms in total. The van der Waals surface area contributed by atoms with Crippen LogP contribution in [-0.4, -0.2) is 53.9 Å². The fourth-order valence-electron chi connectivity index (χ4n) is 3.36. The molecular formula is C17H24N4O2. The molecule has 1 aromatic heterocycles. The van der Waals surface area contributed by atoms with Crippen LogP contribution in [0.5, 0.6) is 0 Å². The van der Waals surface area contributed by atoms with Gasteiger partial charge in [-0.15, -0.1) is 0 Å². The van der Waals surface area contributed by atoms with E-state index in [9.17, 15) is 4.79 Å². The summed E-state index contributed by atoms with van der Waals surface area (Å²) >= 11 is 0. The summed E-state index contributed by atoms with van der Waals surface area (Å²) in [6.45, 7) is 4.83. The number of amides is 1.